The third-order valence-corrected chi connectivity index (χ3v) is 10.2. The number of nitrogens with one attached hydrogen (secondary N) is 2. The van der Waals surface area contributed by atoms with Crippen molar-refractivity contribution >= 4 is 51.5 Å². The molecule has 8 nitrogen and oxygen atoms in total. The molecule has 1 aliphatic heterocycles. The van der Waals surface area contributed by atoms with Gasteiger partial charge in [-0.1, -0.05) is 89.9 Å². The zero-order valence-corrected chi connectivity index (χ0v) is 28.9. The van der Waals surface area contributed by atoms with Crippen LogP contribution >= 0.6 is 23.2 Å². The quantitative estimate of drug-likeness (QED) is 0.165. The Labute approximate surface area is 300 Å². The average molecular weight is 701 g/mol. The molecule has 2 N–H and O–H groups in total. The summed E-state index contributed by atoms with van der Waals surface area (Å²) in [6.45, 7) is 3.94. The molecular weight excluding hydrogens is 665 g/mol. The lowest BCUT2D eigenvalue weighted by Crippen LogP contribution is -2.35. The third-order valence-electron chi connectivity index (χ3n) is 9.68. The number of hydrogen-bond donors (Lipinski definition) is 2. The van der Waals surface area contributed by atoms with Gasteiger partial charge in [-0.25, -0.2) is 9.67 Å². The van der Waals surface area contributed by atoms with Crippen molar-refractivity contribution in [3.05, 3.63) is 143 Å². The van der Waals surface area contributed by atoms with E-state index in [1.807, 2.05) is 95.9 Å². The monoisotopic (exact) mass is 699 g/mol. The van der Waals surface area contributed by atoms with Crippen LogP contribution in [0.2, 0.25) is 10.0 Å². The highest BCUT2D eigenvalue weighted by Gasteiger charge is 2.29. The molecule has 0 radical (unpaired) electrons. The lowest BCUT2D eigenvalue weighted by molar-refractivity contribution is 0.102. The maximum atomic E-state index is 14.5. The summed E-state index contributed by atoms with van der Waals surface area (Å²) in [6, 6.07) is 35.9. The van der Waals surface area contributed by atoms with Gasteiger partial charge in [-0.15, -0.1) is 0 Å². The first-order valence-corrected chi connectivity index (χ1v) is 17.5. The van der Waals surface area contributed by atoms with Crippen molar-refractivity contribution in [1.29, 1.82) is 0 Å². The van der Waals surface area contributed by atoms with Crippen molar-refractivity contribution in [2.24, 2.45) is 0 Å². The molecule has 0 aliphatic carbocycles. The lowest BCUT2D eigenvalue weighted by atomic mass is 9.99. The number of amides is 1. The van der Waals surface area contributed by atoms with Gasteiger partial charge in [-0.2, -0.15) is 5.10 Å². The topological polar surface area (TPSA) is 83.8 Å². The summed E-state index contributed by atoms with van der Waals surface area (Å²) in [6.07, 6.45) is 5.43. The SMILES string of the molecule is CC(c1ccc(Cl)cc1)n1cnc(-c2ccccc2)c1-c1c(C(=O)Nc2ccnn2C2CCN(c3ccccc3)CC2)[nH]c2cc(Cl)ccc12. The van der Waals surface area contributed by atoms with Gasteiger partial charge < -0.3 is 19.8 Å². The van der Waals surface area contributed by atoms with Gasteiger partial charge in [0.25, 0.3) is 5.91 Å². The number of H-pyrrole nitrogens is 1. The van der Waals surface area contributed by atoms with Crippen LogP contribution in [0.3, 0.4) is 0 Å². The molecular formula is C40H35Cl2N7O. The number of piperidine rings is 1. The third kappa shape index (κ3) is 6.06. The summed E-state index contributed by atoms with van der Waals surface area (Å²) in [7, 11) is 0. The highest BCUT2D eigenvalue weighted by molar-refractivity contribution is 6.31. The molecule has 1 saturated heterocycles. The van der Waals surface area contributed by atoms with E-state index in [9.17, 15) is 4.79 Å². The Balaban J connectivity index is 1.19. The molecule has 7 aromatic rings. The molecule has 1 atom stereocenters. The van der Waals surface area contributed by atoms with Crippen molar-refractivity contribution in [1.82, 2.24) is 24.3 Å². The Hall–Kier alpha value is -5.31. The van der Waals surface area contributed by atoms with Gasteiger partial charge in [0.2, 0.25) is 0 Å². The smallest absolute Gasteiger partial charge is 0.273 e. The molecule has 1 fully saturated rings. The van der Waals surface area contributed by atoms with Crippen LogP contribution in [0.15, 0.2) is 122 Å². The fraction of sp³-hybridized carbons (Fsp3) is 0.175. The summed E-state index contributed by atoms with van der Waals surface area (Å²) in [5.41, 5.74) is 6.73. The summed E-state index contributed by atoms with van der Waals surface area (Å²) < 4.78 is 4.09. The van der Waals surface area contributed by atoms with Crippen LogP contribution in [0.1, 0.15) is 47.9 Å². The van der Waals surface area contributed by atoms with Crippen LogP contribution in [-0.4, -0.2) is 43.3 Å². The Morgan fingerprint density at radius 3 is 2.32 bits per heavy atom. The second kappa shape index (κ2) is 13.5. The Morgan fingerprint density at radius 2 is 1.58 bits per heavy atom. The van der Waals surface area contributed by atoms with Crippen LogP contribution in [0, 0.1) is 0 Å². The highest BCUT2D eigenvalue weighted by atomic mass is 35.5. The van der Waals surface area contributed by atoms with Gasteiger partial charge in [0.15, 0.2) is 0 Å². The molecule has 10 heteroatoms. The minimum atomic E-state index is -0.276. The van der Waals surface area contributed by atoms with E-state index in [0.717, 1.165) is 64.9 Å². The number of halogens is 2. The van der Waals surface area contributed by atoms with E-state index in [1.165, 1.54) is 5.69 Å². The van der Waals surface area contributed by atoms with E-state index in [1.54, 1.807) is 6.20 Å². The van der Waals surface area contributed by atoms with Gasteiger partial charge in [-0.3, -0.25) is 4.79 Å². The van der Waals surface area contributed by atoms with Crippen LogP contribution in [0.5, 0.6) is 0 Å². The molecule has 4 aromatic carbocycles. The first kappa shape index (κ1) is 31.9. The molecule has 3 aromatic heterocycles. The molecule has 0 saturated carbocycles. The minimum absolute atomic E-state index is 0.122. The summed E-state index contributed by atoms with van der Waals surface area (Å²) in [5, 5.41) is 9.99. The largest absolute Gasteiger partial charge is 0.371 e. The van der Waals surface area contributed by atoms with Crippen LogP contribution in [0.4, 0.5) is 11.5 Å². The number of rotatable bonds is 8. The standard InChI is InChI=1S/C40H35Cl2N7O/c1-26(27-12-14-29(41)15-13-27)48-25-43-37(28-8-4-2-5-9-28)39(48)36-33-17-16-30(42)24-34(33)45-38(36)40(50)46-35-18-21-44-49(35)32-19-22-47(23-20-32)31-10-6-3-7-11-31/h2-18,21,24-26,32,45H,19-20,22-23H2,1H3,(H,46,50). The predicted molar refractivity (Wildman–Crippen MR) is 202 cm³/mol. The van der Waals surface area contributed by atoms with E-state index in [0.29, 0.717) is 21.6 Å². The number of fused-ring (bicyclic) bond motifs is 1. The number of nitrogens with zero attached hydrogens (tertiary/aromatic N) is 5. The van der Waals surface area contributed by atoms with Gasteiger partial charge in [0.1, 0.15) is 11.5 Å². The molecule has 8 rings (SSSR count). The van der Waals surface area contributed by atoms with E-state index in [4.69, 9.17) is 28.2 Å². The summed E-state index contributed by atoms with van der Waals surface area (Å²) in [5.74, 6) is 0.379. The fourth-order valence-electron chi connectivity index (χ4n) is 7.09. The fourth-order valence-corrected chi connectivity index (χ4v) is 7.39. The number of carbonyl (C=O) groups excluding carboxylic acids is 1. The zero-order chi connectivity index (χ0) is 34.2. The number of para-hydroxylation sites is 1. The first-order chi connectivity index (χ1) is 24.4. The summed E-state index contributed by atoms with van der Waals surface area (Å²) in [4.78, 5) is 25.3. The number of benzene rings is 4. The molecule has 0 bridgehead atoms. The number of anilines is 2. The van der Waals surface area contributed by atoms with Crippen molar-refractivity contribution < 1.29 is 4.79 Å². The molecule has 50 heavy (non-hydrogen) atoms. The molecule has 4 heterocycles. The van der Waals surface area contributed by atoms with E-state index in [-0.39, 0.29) is 18.0 Å². The van der Waals surface area contributed by atoms with Crippen molar-refractivity contribution in [2.45, 2.75) is 31.8 Å². The second-order valence-corrected chi connectivity index (χ2v) is 13.5. The van der Waals surface area contributed by atoms with Crippen molar-refractivity contribution in [2.75, 3.05) is 23.3 Å². The van der Waals surface area contributed by atoms with Crippen molar-refractivity contribution in [3.63, 3.8) is 0 Å². The molecule has 1 aliphatic rings. The molecule has 0 spiro atoms. The predicted octanol–water partition coefficient (Wildman–Crippen LogP) is 9.90. The van der Waals surface area contributed by atoms with Gasteiger partial charge in [0, 0.05) is 56.9 Å². The normalized spacial score (nSPS) is 14.3. The zero-order valence-electron chi connectivity index (χ0n) is 27.4. The molecule has 250 valence electrons. The van der Waals surface area contributed by atoms with Gasteiger partial charge in [0.05, 0.1) is 36.0 Å². The van der Waals surface area contributed by atoms with E-state index >= 15 is 0 Å². The highest BCUT2D eigenvalue weighted by Crippen LogP contribution is 2.41. The molecule has 1 unspecified atom stereocenters. The first-order valence-electron chi connectivity index (χ1n) is 16.8. The Bertz CT molecular complexity index is 2270. The van der Waals surface area contributed by atoms with E-state index < -0.39 is 0 Å². The van der Waals surface area contributed by atoms with Crippen LogP contribution < -0.4 is 10.2 Å². The Kier molecular flexibility index (Phi) is 8.64. The number of hydrogen-bond acceptors (Lipinski definition) is 4. The van der Waals surface area contributed by atoms with Gasteiger partial charge in [-0.05, 0) is 61.7 Å². The summed E-state index contributed by atoms with van der Waals surface area (Å²) >= 11 is 12.8. The van der Waals surface area contributed by atoms with E-state index in [2.05, 4.69) is 56.1 Å². The maximum Gasteiger partial charge on any atom is 0.273 e. The minimum Gasteiger partial charge on any atom is -0.371 e. The number of carbonyl (C=O) groups is 1. The Morgan fingerprint density at radius 1 is 0.880 bits per heavy atom. The van der Waals surface area contributed by atoms with Gasteiger partial charge >= 0.3 is 0 Å². The molecule has 1 amide bonds. The van der Waals surface area contributed by atoms with Crippen LogP contribution in [0.25, 0.3) is 33.4 Å². The van der Waals surface area contributed by atoms with Crippen molar-refractivity contribution in [3.8, 4) is 22.5 Å². The number of aromatic amines is 1. The maximum absolute atomic E-state index is 14.5. The number of imidazole rings is 1. The lowest BCUT2D eigenvalue weighted by Gasteiger charge is -2.34. The number of aromatic nitrogens is 5. The average Bonchev–Trinajstić information content (AvgIpc) is 3.89. The second-order valence-electron chi connectivity index (χ2n) is 12.7. The van der Waals surface area contributed by atoms with Crippen LogP contribution in [-0.2, 0) is 0 Å².